The van der Waals surface area contributed by atoms with Gasteiger partial charge in [-0.25, -0.2) is 0 Å². The molecule has 2 N–H and O–H groups in total. The quantitative estimate of drug-likeness (QED) is 0.478. The van der Waals surface area contributed by atoms with Gasteiger partial charge in [0.15, 0.2) is 0 Å². The van der Waals surface area contributed by atoms with Crippen molar-refractivity contribution in [2.45, 2.75) is 104 Å². The van der Waals surface area contributed by atoms with Crippen molar-refractivity contribution in [2.24, 2.45) is 0 Å². The molecule has 0 spiro atoms. The Labute approximate surface area is 121 Å². The summed E-state index contributed by atoms with van der Waals surface area (Å²) in [7, 11) is 0. The van der Waals surface area contributed by atoms with Gasteiger partial charge in [-0.2, -0.15) is 0 Å². The Kier molecular flexibility index (Phi) is 11.7. The molecule has 0 fully saturated rings. The zero-order valence-corrected chi connectivity index (χ0v) is 13.8. The van der Waals surface area contributed by atoms with Gasteiger partial charge in [-0.3, -0.25) is 0 Å². The lowest BCUT2D eigenvalue weighted by atomic mass is 9.95. The maximum atomic E-state index is 9.28. The fourth-order valence-electron chi connectivity index (χ4n) is 2.39. The van der Waals surface area contributed by atoms with Gasteiger partial charge >= 0.3 is 0 Å². The number of aliphatic hydroxyl groups excluding tert-OH is 1. The van der Waals surface area contributed by atoms with Crippen LogP contribution in [-0.4, -0.2) is 23.3 Å². The van der Waals surface area contributed by atoms with Gasteiger partial charge in [-0.05, 0) is 27.2 Å². The summed E-state index contributed by atoms with van der Waals surface area (Å²) in [6.07, 6.45) is 13.4. The van der Waals surface area contributed by atoms with Crippen LogP contribution >= 0.6 is 0 Å². The average Bonchev–Trinajstić information content (AvgIpc) is 2.34. The molecular formula is C17H37NO. The topological polar surface area (TPSA) is 32.3 Å². The first-order valence-electron chi connectivity index (χ1n) is 8.41. The van der Waals surface area contributed by atoms with Crippen molar-refractivity contribution in [2.75, 3.05) is 6.54 Å². The summed E-state index contributed by atoms with van der Waals surface area (Å²) >= 11 is 0. The Balaban J connectivity index is 3.32. The van der Waals surface area contributed by atoms with Crippen molar-refractivity contribution in [1.82, 2.24) is 5.32 Å². The Hall–Kier alpha value is -0.0800. The van der Waals surface area contributed by atoms with Crippen LogP contribution < -0.4 is 5.32 Å². The molecule has 0 heterocycles. The summed E-state index contributed by atoms with van der Waals surface area (Å²) < 4.78 is 0. The predicted molar refractivity (Wildman–Crippen MR) is 85.6 cm³/mol. The maximum Gasteiger partial charge on any atom is 0.0636 e. The molecule has 0 aromatic heterocycles. The molecule has 0 aromatic rings. The molecule has 19 heavy (non-hydrogen) atoms. The van der Waals surface area contributed by atoms with Crippen LogP contribution in [0, 0.1) is 0 Å². The van der Waals surface area contributed by atoms with E-state index in [-0.39, 0.29) is 11.6 Å². The monoisotopic (exact) mass is 271 g/mol. The first kappa shape index (κ1) is 18.9. The van der Waals surface area contributed by atoms with Gasteiger partial charge in [0.2, 0.25) is 0 Å². The van der Waals surface area contributed by atoms with Crippen molar-refractivity contribution in [1.29, 1.82) is 0 Å². The summed E-state index contributed by atoms with van der Waals surface area (Å²) in [6.45, 7) is 9.28. The van der Waals surface area contributed by atoms with Crippen molar-refractivity contribution in [3.63, 3.8) is 0 Å². The molecule has 0 aliphatic heterocycles. The van der Waals surface area contributed by atoms with Crippen LogP contribution in [0.15, 0.2) is 0 Å². The molecular weight excluding hydrogens is 234 g/mol. The summed E-state index contributed by atoms with van der Waals surface area (Å²) in [4.78, 5) is 0. The molecule has 0 bridgehead atoms. The van der Waals surface area contributed by atoms with Crippen molar-refractivity contribution < 1.29 is 5.11 Å². The van der Waals surface area contributed by atoms with Gasteiger partial charge in [-0.15, -0.1) is 0 Å². The summed E-state index contributed by atoms with van der Waals surface area (Å²) in [5, 5.41) is 12.7. The highest BCUT2D eigenvalue weighted by Crippen LogP contribution is 2.16. The normalized spacial score (nSPS) is 13.7. The molecule has 1 unspecified atom stereocenters. The third-order valence-corrected chi connectivity index (χ3v) is 3.78. The number of β-amino-alcohol motifs (C(OH)–C–C–N with tert-alkyl or cyclic N) is 1. The molecule has 0 radical (unpaired) electrons. The van der Waals surface area contributed by atoms with E-state index < -0.39 is 0 Å². The van der Waals surface area contributed by atoms with E-state index in [4.69, 9.17) is 0 Å². The molecule has 0 saturated heterocycles. The van der Waals surface area contributed by atoms with E-state index >= 15 is 0 Å². The first-order valence-corrected chi connectivity index (χ1v) is 8.41. The van der Waals surface area contributed by atoms with E-state index in [0.717, 1.165) is 0 Å². The van der Waals surface area contributed by atoms with Crippen LogP contribution in [0.25, 0.3) is 0 Å². The van der Waals surface area contributed by atoms with Crippen molar-refractivity contribution >= 4 is 0 Å². The highest BCUT2D eigenvalue weighted by atomic mass is 16.3. The molecule has 2 heteroatoms. The number of rotatable bonds is 13. The lowest BCUT2D eigenvalue weighted by Crippen LogP contribution is -2.42. The zero-order chi connectivity index (χ0) is 14.6. The van der Waals surface area contributed by atoms with E-state index in [0.29, 0.717) is 6.54 Å². The zero-order valence-electron chi connectivity index (χ0n) is 13.8. The number of aliphatic hydroxyl groups is 1. The smallest absolute Gasteiger partial charge is 0.0636 e. The lowest BCUT2D eigenvalue weighted by molar-refractivity contribution is 0.173. The Morgan fingerprint density at radius 3 is 1.84 bits per heavy atom. The molecule has 0 amide bonds. The number of nitrogens with one attached hydrogen (secondary N) is 1. The van der Waals surface area contributed by atoms with Crippen LogP contribution in [0.1, 0.15) is 91.9 Å². The summed E-state index contributed by atoms with van der Waals surface area (Å²) in [5.74, 6) is 0. The second kappa shape index (κ2) is 11.7. The maximum absolute atomic E-state index is 9.28. The first-order chi connectivity index (χ1) is 8.98. The van der Waals surface area contributed by atoms with E-state index in [1.165, 1.54) is 64.2 Å². The van der Waals surface area contributed by atoms with E-state index in [9.17, 15) is 5.11 Å². The minimum Gasteiger partial charge on any atom is -0.392 e. The van der Waals surface area contributed by atoms with Gasteiger partial charge in [0, 0.05) is 12.1 Å². The fourth-order valence-corrected chi connectivity index (χ4v) is 2.39. The highest BCUT2D eigenvalue weighted by Gasteiger charge is 2.16. The minimum atomic E-state index is -0.248. The average molecular weight is 271 g/mol. The van der Waals surface area contributed by atoms with Crippen LogP contribution in [0.2, 0.25) is 0 Å². The fraction of sp³-hybridized carbons (Fsp3) is 1.00. The largest absolute Gasteiger partial charge is 0.392 e. The molecule has 0 aromatic carbocycles. The van der Waals surface area contributed by atoms with Crippen LogP contribution in [0.4, 0.5) is 0 Å². The molecule has 2 nitrogen and oxygen atoms in total. The molecule has 0 aliphatic rings. The SMILES string of the molecule is CCCCCCCCCCCC(C)(C)NCC(C)O. The molecule has 116 valence electrons. The lowest BCUT2D eigenvalue weighted by Gasteiger charge is -2.27. The summed E-state index contributed by atoms with van der Waals surface area (Å²) in [6, 6.07) is 0. The van der Waals surface area contributed by atoms with E-state index in [1.54, 1.807) is 0 Å². The van der Waals surface area contributed by atoms with E-state index in [2.05, 4.69) is 26.1 Å². The minimum absolute atomic E-state index is 0.165. The Morgan fingerprint density at radius 2 is 1.37 bits per heavy atom. The summed E-state index contributed by atoms with van der Waals surface area (Å²) in [5.41, 5.74) is 0.165. The third kappa shape index (κ3) is 14.1. The van der Waals surface area contributed by atoms with Gasteiger partial charge in [-0.1, -0.05) is 64.7 Å². The second-order valence-corrected chi connectivity index (χ2v) is 6.69. The second-order valence-electron chi connectivity index (χ2n) is 6.69. The van der Waals surface area contributed by atoms with Gasteiger partial charge in [0.05, 0.1) is 6.10 Å². The standard InChI is InChI=1S/C17H37NO/c1-5-6-7-8-9-10-11-12-13-14-17(3,4)18-15-16(2)19/h16,18-19H,5-15H2,1-4H3. The van der Waals surface area contributed by atoms with Gasteiger partial charge in [0.1, 0.15) is 0 Å². The van der Waals surface area contributed by atoms with Crippen LogP contribution in [0.3, 0.4) is 0 Å². The highest BCUT2D eigenvalue weighted by molar-refractivity contribution is 4.77. The number of unbranched alkanes of at least 4 members (excludes halogenated alkanes) is 8. The van der Waals surface area contributed by atoms with Gasteiger partial charge in [0.25, 0.3) is 0 Å². The van der Waals surface area contributed by atoms with Crippen LogP contribution in [-0.2, 0) is 0 Å². The van der Waals surface area contributed by atoms with E-state index in [1.807, 2.05) is 6.92 Å². The molecule has 0 saturated carbocycles. The van der Waals surface area contributed by atoms with Crippen LogP contribution in [0.5, 0.6) is 0 Å². The molecule has 0 rings (SSSR count). The van der Waals surface area contributed by atoms with Crippen molar-refractivity contribution in [3.05, 3.63) is 0 Å². The molecule has 1 atom stereocenters. The third-order valence-electron chi connectivity index (χ3n) is 3.78. The Bertz CT molecular complexity index is 190. The predicted octanol–water partition coefficient (Wildman–Crippen LogP) is 4.66. The van der Waals surface area contributed by atoms with Crippen molar-refractivity contribution in [3.8, 4) is 0 Å². The Morgan fingerprint density at radius 1 is 0.895 bits per heavy atom. The molecule has 0 aliphatic carbocycles. The number of hydrogen-bond donors (Lipinski definition) is 2. The van der Waals surface area contributed by atoms with Gasteiger partial charge < -0.3 is 10.4 Å². The number of hydrogen-bond acceptors (Lipinski definition) is 2.